The molecule has 44 heavy (non-hydrogen) atoms. The first-order valence-corrected chi connectivity index (χ1v) is 15.4. The van der Waals surface area contributed by atoms with E-state index < -0.39 is 0 Å². The minimum atomic E-state index is 0.0956. The first-order chi connectivity index (χ1) is 21.5. The zero-order chi connectivity index (χ0) is 30.5. The SMILES string of the molecule is N#C/C(C=O)=C\c1ccc(-c2ccc(N(c3ccc(-c4ccccc4)c(Cl)c3)c3ccc(-c4ccccc4)c(Cl)c3)cc2)s1. The number of rotatable bonds is 8. The van der Waals surface area contributed by atoms with Gasteiger partial charge in [0.2, 0.25) is 0 Å². The molecule has 0 amide bonds. The first-order valence-electron chi connectivity index (χ1n) is 13.8. The highest BCUT2D eigenvalue weighted by atomic mass is 35.5. The Balaban J connectivity index is 1.40. The van der Waals surface area contributed by atoms with Crippen LogP contribution in [-0.4, -0.2) is 6.29 Å². The number of carbonyl (C=O) groups excluding carboxylic acids is 1. The number of hydrogen-bond acceptors (Lipinski definition) is 4. The van der Waals surface area contributed by atoms with E-state index in [1.165, 1.54) is 11.3 Å². The predicted octanol–water partition coefficient (Wildman–Crippen LogP) is 11.6. The maximum atomic E-state index is 11.1. The molecule has 0 bridgehead atoms. The molecule has 0 saturated heterocycles. The van der Waals surface area contributed by atoms with Gasteiger partial charge in [-0.05, 0) is 71.3 Å². The Morgan fingerprint density at radius 1 is 0.636 bits per heavy atom. The second-order valence-corrected chi connectivity index (χ2v) is 11.9. The number of halogens is 2. The quantitative estimate of drug-likeness (QED) is 0.0958. The van der Waals surface area contributed by atoms with Gasteiger partial charge in [-0.3, -0.25) is 4.79 Å². The van der Waals surface area contributed by atoms with Crippen molar-refractivity contribution >= 4 is 64.0 Å². The molecule has 212 valence electrons. The molecular weight excluding hydrogens is 603 g/mol. The number of benzene rings is 5. The van der Waals surface area contributed by atoms with Crippen molar-refractivity contribution in [2.75, 3.05) is 4.90 Å². The molecule has 6 aromatic rings. The molecular formula is C38H24Cl2N2OS. The van der Waals surface area contributed by atoms with Gasteiger partial charge in [0.1, 0.15) is 6.07 Å². The summed E-state index contributed by atoms with van der Waals surface area (Å²) in [6.45, 7) is 0. The van der Waals surface area contributed by atoms with Gasteiger partial charge in [-0.2, -0.15) is 5.26 Å². The Hall–Kier alpha value is -4.92. The Kier molecular flexibility index (Phi) is 8.72. The number of carbonyl (C=O) groups is 1. The molecule has 0 aliphatic rings. The predicted molar refractivity (Wildman–Crippen MR) is 185 cm³/mol. The van der Waals surface area contributed by atoms with Crippen molar-refractivity contribution in [2.24, 2.45) is 0 Å². The van der Waals surface area contributed by atoms with Crippen LogP contribution >= 0.6 is 34.5 Å². The van der Waals surface area contributed by atoms with E-state index in [9.17, 15) is 4.79 Å². The molecule has 0 N–H and O–H groups in total. The molecule has 0 atom stereocenters. The van der Waals surface area contributed by atoms with Crippen LogP contribution in [0, 0.1) is 11.3 Å². The molecule has 6 rings (SSSR count). The van der Waals surface area contributed by atoms with Crippen LogP contribution in [0.4, 0.5) is 17.1 Å². The molecule has 0 radical (unpaired) electrons. The van der Waals surface area contributed by atoms with E-state index in [2.05, 4.69) is 41.3 Å². The van der Waals surface area contributed by atoms with E-state index in [0.717, 1.165) is 54.6 Å². The average molecular weight is 628 g/mol. The van der Waals surface area contributed by atoms with Crippen molar-refractivity contribution in [3.05, 3.63) is 154 Å². The summed E-state index contributed by atoms with van der Waals surface area (Å²) >= 11 is 15.3. The van der Waals surface area contributed by atoms with Crippen LogP contribution in [0.1, 0.15) is 4.88 Å². The number of nitrogens with zero attached hydrogens (tertiary/aromatic N) is 2. The molecule has 0 saturated carbocycles. The maximum absolute atomic E-state index is 11.1. The van der Waals surface area contributed by atoms with Crippen LogP contribution in [0.15, 0.2) is 139 Å². The summed E-state index contributed by atoms with van der Waals surface area (Å²) in [5.74, 6) is 0. The third kappa shape index (κ3) is 6.22. The van der Waals surface area contributed by atoms with Gasteiger partial charge in [0.15, 0.2) is 6.29 Å². The van der Waals surface area contributed by atoms with Crippen LogP contribution in [0.3, 0.4) is 0 Å². The van der Waals surface area contributed by atoms with Gasteiger partial charge in [-0.15, -0.1) is 11.3 Å². The lowest BCUT2D eigenvalue weighted by atomic mass is 10.0. The zero-order valence-corrected chi connectivity index (χ0v) is 25.7. The highest BCUT2D eigenvalue weighted by Gasteiger charge is 2.17. The molecule has 0 aliphatic heterocycles. The third-order valence-electron chi connectivity index (χ3n) is 7.18. The molecule has 0 spiro atoms. The summed E-state index contributed by atoms with van der Waals surface area (Å²) in [4.78, 5) is 15.1. The van der Waals surface area contributed by atoms with Crippen molar-refractivity contribution in [3.8, 4) is 38.8 Å². The smallest absolute Gasteiger partial charge is 0.160 e. The first kappa shape index (κ1) is 29.2. The summed E-state index contributed by atoms with van der Waals surface area (Å²) in [7, 11) is 0. The highest BCUT2D eigenvalue weighted by molar-refractivity contribution is 7.16. The lowest BCUT2D eigenvalue weighted by Crippen LogP contribution is -2.10. The molecule has 1 heterocycles. The number of anilines is 3. The highest BCUT2D eigenvalue weighted by Crippen LogP contribution is 2.42. The topological polar surface area (TPSA) is 44.1 Å². The van der Waals surface area contributed by atoms with Gasteiger partial charge in [-0.1, -0.05) is 108 Å². The van der Waals surface area contributed by atoms with Crippen molar-refractivity contribution < 1.29 is 4.79 Å². The summed E-state index contributed by atoms with van der Waals surface area (Å²) in [5.41, 5.74) is 7.87. The minimum absolute atomic E-state index is 0.0956. The summed E-state index contributed by atoms with van der Waals surface area (Å²) < 4.78 is 0. The van der Waals surface area contributed by atoms with Gasteiger partial charge in [0, 0.05) is 37.9 Å². The number of allylic oxidation sites excluding steroid dienone is 1. The van der Waals surface area contributed by atoms with Crippen LogP contribution in [0.5, 0.6) is 0 Å². The molecule has 3 nitrogen and oxygen atoms in total. The van der Waals surface area contributed by atoms with E-state index >= 15 is 0 Å². The summed E-state index contributed by atoms with van der Waals surface area (Å²) in [6.07, 6.45) is 2.17. The molecule has 0 unspecified atom stereocenters. The van der Waals surface area contributed by atoms with Crippen molar-refractivity contribution in [3.63, 3.8) is 0 Å². The fourth-order valence-corrected chi connectivity index (χ4v) is 6.58. The van der Waals surface area contributed by atoms with Crippen molar-refractivity contribution in [2.45, 2.75) is 0 Å². The normalized spacial score (nSPS) is 11.2. The van der Waals surface area contributed by atoms with E-state index in [1.54, 1.807) is 6.08 Å². The zero-order valence-electron chi connectivity index (χ0n) is 23.3. The lowest BCUT2D eigenvalue weighted by molar-refractivity contribution is -0.104. The van der Waals surface area contributed by atoms with E-state index in [-0.39, 0.29) is 5.57 Å². The van der Waals surface area contributed by atoms with E-state index in [0.29, 0.717) is 16.3 Å². The Labute approximate surface area is 270 Å². The lowest BCUT2D eigenvalue weighted by Gasteiger charge is -2.27. The Morgan fingerprint density at radius 3 is 1.64 bits per heavy atom. The fraction of sp³-hybridized carbons (Fsp3) is 0. The molecule has 6 heteroatoms. The molecule has 0 fully saturated rings. The second kappa shape index (κ2) is 13.2. The number of hydrogen-bond donors (Lipinski definition) is 0. The third-order valence-corrected chi connectivity index (χ3v) is 8.89. The number of nitriles is 1. The van der Waals surface area contributed by atoms with E-state index in [1.807, 2.05) is 103 Å². The van der Waals surface area contributed by atoms with Crippen LogP contribution < -0.4 is 4.90 Å². The van der Waals surface area contributed by atoms with E-state index in [4.69, 9.17) is 28.5 Å². The number of aldehydes is 1. The van der Waals surface area contributed by atoms with Gasteiger partial charge in [0.25, 0.3) is 0 Å². The van der Waals surface area contributed by atoms with Gasteiger partial charge in [0.05, 0.1) is 15.6 Å². The standard InChI is InChI=1S/C38H24Cl2N2OS/c39-36-22-31(15-18-34(36)27-7-3-1-4-8-27)42(32-16-19-35(37(40)23-32)28-9-5-2-6-10-28)30-13-11-29(12-14-30)38-20-17-33(44-38)21-26(24-41)25-43/h1-23,25H/b26-21+. The second-order valence-electron chi connectivity index (χ2n) is 9.97. The number of thiophene rings is 1. The molecule has 0 aliphatic carbocycles. The van der Waals surface area contributed by atoms with Gasteiger partial charge >= 0.3 is 0 Å². The Bertz CT molecular complexity index is 1920. The van der Waals surface area contributed by atoms with Crippen LogP contribution in [-0.2, 0) is 4.79 Å². The minimum Gasteiger partial charge on any atom is -0.310 e. The largest absolute Gasteiger partial charge is 0.310 e. The maximum Gasteiger partial charge on any atom is 0.160 e. The Morgan fingerprint density at radius 2 is 1.16 bits per heavy atom. The van der Waals surface area contributed by atoms with Crippen molar-refractivity contribution in [1.82, 2.24) is 0 Å². The molecule has 1 aromatic heterocycles. The summed E-state index contributed by atoms with van der Waals surface area (Å²) in [5, 5.41) is 10.4. The monoisotopic (exact) mass is 626 g/mol. The van der Waals surface area contributed by atoms with Crippen LogP contribution in [0.2, 0.25) is 10.0 Å². The summed E-state index contributed by atoms with van der Waals surface area (Å²) in [6, 6.07) is 46.4. The van der Waals surface area contributed by atoms with Crippen molar-refractivity contribution in [1.29, 1.82) is 5.26 Å². The fourth-order valence-electron chi connectivity index (χ4n) is 5.04. The molecule has 5 aromatic carbocycles. The van der Waals surface area contributed by atoms with Gasteiger partial charge < -0.3 is 4.90 Å². The van der Waals surface area contributed by atoms with Crippen LogP contribution in [0.25, 0.3) is 38.8 Å². The average Bonchev–Trinajstić information content (AvgIpc) is 3.54. The van der Waals surface area contributed by atoms with Gasteiger partial charge in [-0.25, -0.2) is 0 Å².